The van der Waals surface area contributed by atoms with E-state index in [1.807, 2.05) is 4.90 Å². The van der Waals surface area contributed by atoms with E-state index in [0.29, 0.717) is 12.5 Å². The van der Waals surface area contributed by atoms with Crippen LogP contribution in [-0.4, -0.2) is 64.1 Å². The number of likely N-dealkylation sites (tertiary alicyclic amines) is 1. The predicted molar refractivity (Wildman–Crippen MR) is 87.5 cm³/mol. The van der Waals surface area contributed by atoms with Gasteiger partial charge in [0.05, 0.1) is 6.54 Å². The van der Waals surface area contributed by atoms with Crippen molar-refractivity contribution in [2.45, 2.75) is 38.8 Å². The fourth-order valence-corrected chi connectivity index (χ4v) is 3.12. The summed E-state index contributed by atoms with van der Waals surface area (Å²) >= 11 is 0. The summed E-state index contributed by atoms with van der Waals surface area (Å²) in [4.78, 5) is 28.3. The second-order valence-corrected chi connectivity index (χ2v) is 6.46. The Morgan fingerprint density at radius 3 is 2.83 bits per heavy atom. The van der Waals surface area contributed by atoms with Crippen LogP contribution in [0.1, 0.15) is 32.7 Å². The smallest absolute Gasteiger partial charge is 0.247 e. The summed E-state index contributed by atoms with van der Waals surface area (Å²) in [5.41, 5.74) is 5.81. The molecular weight excluding hydrogens is 294 g/mol. The van der Waals surface area contributed by atoms with Crippen molar-refractivity contribution in [3.05, 3.63) is 18.5 Å². The lowest BCUT2D eigenvalue weighted by Crippen LogP contribution is -2.52. The predicted octanol–water partition coefficient (Wildman–Crippen LogP) is 0.488. The molecule has 1 aromatic heterocycles. The summed E-state index contributed by atoms with van der Waals surface area (Å²) in [6.07, 6.45) is 5.30. The molecule has 7 heteroatoms. The number of carbonyl (C=O) groups is 2. The Kier molecular flexibility index (Phi) is 5.76. The minimum absolute atomic E-state index is 0.0316. The molecule has 2 rings (SSSR count). The van der Waals surface area contributed by atoms with E-state index in [2.05, 4.69) is 12.0 Å². The third-order valence-electron chi connectivity index (χ3n) is 4.60. The van der Waals surface area contributed by atoms with Gasteiger partial charge in [-0.3, -0.25) is 14.3 Å². The molecule has 1 aliphatic rings. The van der Waals surface area contributed by atoms with Gasteiger partial charge in [-0.2, -0.15) is 5.10 Å². The zero-order chi connectivity index (χ0) is 17.0. The van der Waals surface area contributed by atoms with Gasteiger partial charge in [-0.15, -0.1) is 0 Å². The maximum absolute atomic E-state index is 12.6. The number of nitrogens with two attached hydrogens (primary N) is 1. The molecule has 128 valence electrons. The van der Waals surface area contributed by atoms with E-state index in [4.69, 9.17) is 5.73 Å². The van der Waals surface area contributed by atoms with E-state index < -0.39 is 6.04 Å². The summed E-state index contributed by atoms with van der Waals surface area (Å²) in [7, 11) is 1.66. The summed E-state index contributed by atoms with van der Waals surface area (Å²) in [6, 6.07) is 1.43. The van der Waals surface area contributed by atoms with Gasteiger partial charge in [-0.25, -0.2) is 0 Å². The number of nitrogens with zero attached hydrogens (tertiary/aromatic N) is 4. The second kappa shape index (κ2) is 7.59. The zero-order valence-corrected chi connectivity index (χ0v) is 14.2. The third-order valence-corrected chi connectivity index (χ3v) is 4.60. The molecule has 2 N–H and O–H groups in total. The molecule has 1 aromatic rings. The Labute approximate surface area is 137 Å². The summed E-state index contributed by atoms with van der Waals surface area (Å²) < 4.78 is 1.59. The fourth-order valence-electron chi connectivity index (χ4n) is 3.12. The van der Waals surface area contributed by atoms with Crippen molar-refractivity contribution in [2.75, 3.05) is 26.7 Å². The Morgan fingerprint density at radius 1 is 1.48 bits per heavy atom. The van der Waals surface area contributed by atoms with Crippen LogP contribution in [0, 0.1) is 5.92 Å². The van der Waals surface area contributed by atoms with Crippen LogP contribution >= 0.6 is 0 Å². The van der Waals surface area contributed by atoms with Gasteiger partial charge in [0.2, 0.25) is 11.8 Å². The van der Waals surface area contributed by atoms with Crippen molar-refractivity contribution in [1.82, 2.24) is 19.6 Å². The third kappa shape index (κ3) is 4.10. The normalized spacial score (nSPS) is 22.7. The van der Waals surface area contributed by atoms with Gasteiger partial charge in [-0.1, -0.05) is 6.92 Å². The molecule has 3 atom stereocenters. The minimum atomic E-state index is -0.422. The lowest BCUT2D eigenvalue weighted by molar-refractivity contribution is -0.143. The van der Waals surface area contributed by atoms with E-state index in [1.54, 1.807) is 37.1 Å². The number of amides is 2. The number of hydrogen-bond donors (Lipinski definition) is 1. The van der Waals surface area contributed by atoms with Crippen LogP contribution in [0.4, 0.5) is 0 Å². The first-order valence-corrected chi connectivity index (χ1v) is 8.17. The number of hydrogen-bond acceptors (Lipinski definition) is 4. The van der Waals surface area contributed by atoms with Crippen LogP contribution in [0.3, 0.4) is 0 Å². The minimum Gasteiger partial charge on any atom is -0.337 e. The van der Waals surface area contributed by atoms with Crippen molar-refractivity contribution >= 4 is 11.8 Å². The zero-order valence-electron chi connectivity index (χ0n) is 14.2. The quantitative estimate of drug-likeness (QED) is 0.855. The Morgan fingerprint density at radius 2 is 2.22 bits per heavy atom. The van der Waals surface area contributed by atoms with Crippen molar-refractivity contribution in [1.29, 1.82) is 0 Å². The van der Waals surface area contributed by atoms with Crippen molar-refractivity contribution < 1.29 is 9.59 Å². The summed E-state index contributed by atoms with van der Waals surface area (Å²) in [5.74, 6) is 0.430. The van der Waals surface area contributed by atoms with E-state index in [0.717, 1.165) is 19.4 Å². The van der Waals surface area contributed by atoms with Crippen molar-refractivity contribution in [2.24, 2.45) is 11.7 Å². The molecule has 7 nitrogen and oxygen atoms in total. The van der Waals surface area contributed by atoms with Crippen LogP contribution < -0.4 is 5.73 Å². The van der Waals surface area contributed by atoms with Gasteiger partial charge in [0.25, 0.3) is 0 Å². The van der Waals surface area contributed by atoms with Gasteiger partial charge in [0, 0.05) is 38.6 Å². The number of rotatable bonds is 5. The van der Waals surface area contributed by atoms with E-state index in [-0.39, 0.29) is 24.4 Å². The number of aromatic nitrogens is 2. The standard InChI is InChI=1S/C16H27N5O2/c1-12-5-8-20(14(9-12)10-17)15(22)11-19(3)16(23)13(2)21-7-4-6-18-21/h4,6-7,12-14H,5,8-11,17H2,1-3H3. The highest BCUT2D eigenvalue weighted by molar-refractivity contribution is 5.86. The SMILES string of the molecule is CC1CCN(C(=O)CN(C)C(=O)C(C)n2cccn2)C(CN)C1. The van der Waals surface area contributed by atoms with Crippen molar-refractivity contribution in [3.63, 3.8) is 0 Å². The molecule has 2 heterocycles. The molecule has 0 radical (unpaired) electrons. The first kappa shape index (κ1) is 17.5. The summed E-state index contributed by atoms with van der Waals surface area (Å²) in [6.45, 7) is 5.23. The number of carbonyl (C=O) groups excluding carboxylic acids is 2. The molecule has 1 fully saturated rings. The second-order valence-electron chi connectivity index (χ2n) is 6.46. The van der Waals surface area contributed by atoms with Gasteiger partial charge in [0.15, 0.2) is 0 Å². The van der Waals surface area contributed by atoms with E-state index in [9.17, 15) is 9.59 Å². The molecule has 1 saturated heterocycles. The fraction of sp³-hybridized carbons (Fsp3) is 0.688. The van der Waals surface area contributed by atoms with Crippen LogP contribution in [0.5, 0.6) is 0 Å². The van der Waals surface area contributed by atoms with E-state index in [1.165, 1.54) is 4.90 Å². The Bertz CT molecular complexity index is 531. The molecule has 0 bridgehead atoms. The lowest BCUT2D eigenvalue weighted by atomic mass is 9.92. The van der Waals surface area contributed by atoms with Crippen LogP contribution in [0.15, 0.2) is 18.5 Å². The Balaban J connectivity index is 1.94. The highest BCUT2D eigenvalue weighted by Crippen LogP contribution is 2.22. The first-order chi connectivity index (χ1) is 10.9. The lowest BCUT2D eigenvalue weighted by Gasteiger charge is -2.38. The molecule has 0 saturated carbocycles. The topological polar surface area (TPSA) is 84.5 Å². The maximum Gasteiger partial charge on any atom is 0.247 e. The van der Waals surface area contributed by atoms with Crippen LogP contribution in [-0.2, 0) is 9.59 Å². The maximum atomic E-state index is 12.6. The molecule has 2 amide bonds. The highest BCUT2D eigenvalue weighted by Gasteiger charge is 2.30. The van der Waals surface area contributed by atoms with E-state index >= 15 is 0 Å². The van der Waals surface area contributed by atoms with Gasteiger partial charge in [-0.05, 0) is 31.7 Å². The summed E-state index contributed by atoms with van der Waals surface area (Å²) in [5, 5.41) is 4.08. The van der Waals surface area contributed by atoms with Crippen LogP contribution in [0.25, 0.3) is 0 Å². The van der Waals surface area contributed by atoms with Crippen LogP contribution in [0.2, 0.25) is 0 Å². The highest BCUT2D eigenvalue weighted by atomic mass is 16.2. The molecular formula is C16H27N5O2. The molecule has 0 aliphatic carbocycles. The molecule has 0 spiro atoms. The van der Waals surface area contributed by atoms with Gasteiger partial charge in [0.1, 0.15) is 6.04 Å². The average molecular weight is 321 g/mol. The van der Waals surface area contributed by atoms with Crippen molar-refractivity contribution in [3.8, 4) is 0 Å². The number of likely N-dealkylation sites (N-methyl/N-ethyl adjacent to an activating group) is 1. The molecule has 1 aliphatic heterocycles. The number of piperidine rings is 1. The molecule has 23 heavy (non-hydrogen) atoms. The van der Waals surface area contributed by atoms with Gasteiger partial charge < -0.3 is 15.5 Å². The molecule has 3 unspecified atom stereocenters. The average Bonchev–Trinajstić information content (AvgIpc) is 3.07. The molecule has 0 aromatic carbocycles. The van der Waals surface area contributed by atoms with Gasteiger partial charge >= 0.3 is 0 Å². The Hall–Kier alpha value is -1.89. The first-order valence-electron chi connectivity index (χ1n) is 8.17. The monoisotopic (exact) mass is 321 g/mol. The largest absolute Gasteiger partial charge is 0.337 e.